The molecule has 1 amide bonds. The molecule has 4 nitrogen and oxygen atoms in total. The lowest BCUT2D eigenvalue weighted by atomic mass is 10.2. The summed E-state index contributed by atoms with van der Waals surface area (Å²) in [4.78, 5) is 16.0. The standard InChI is InChI=1S/C13H15N3OS/c1-2-14-11-5-3-10(4-6-11)13(17)16-9-12-15-7-8-18-12/h3-8,14H,2,9H2,1H3,(H,16,17). The summed E-state index contributed by atoms with van der Waals surface area (Å²) in [6.45, 7) is 3.38. The molecule has 0 saturated carbocycles. The number of nitrogens with one attached hydrogen (secondary N) is 2. The van der Waals surface area contributed by atoms with E-state index in [1.165, 1.54) is 11.3 Å². The number of hydrogen-bond donors (Lipinski definition) is 2. The Morgan fingerprint density at radius 2 is 2.11 bits per heavy atom. The zero-order valence-corrected chi connectivity index (χ0v) is 11.0. The van der Waals surface area contributed by atoms with Gasteiger partial charge >= 0.3 is 0 Å². The lowest BCUT2D eigenvalue weighted by Crippen LogP contribution is -2.22. The van der Waals surface area contributed by atoms with E-state index in [1.54, 1.807) is 6.20 Å². The number of rotatable bonds is 5. The van der Waals surface area contributed by atoms with Crippen LogP contribution in [-0.2, 0) is 6.54 Å². The molecule has 1 aromatic heterocycles. The van der Waals surface area contributed by atoms with Crippen molar-refractivity contribution in [2.24, 2.45) is 0 Å². The minimum absolute atomic E-state index is 0.0757. The van der Waals surface area contributed by atoms with Gasteiger partial charge in [-0.25, -0.2) is 4.98 Å². The van der Waals surface area contributed by atoms with Gasteiger partial charge in [0.1, 0.15) is 5.01 Å². The molecule has 2 N–H and O–H groups in total. The summed E-state index contributed by atoms with van der Waals surface area (Å²) >= 11 is 1.53. The van der Waals surface area contributed by atoms with Crippen molar-refractivity contribution in [3.8, 4) is 0 Å². The number of amides is 1. The maximum Gasteiger partial charge on any atom is 0.251 e. The van der Waals surface area contributed by atoms with Crippen LogP contribution in [0, 0.1) is 0 Å². The lowest BCUT2D eigenvalue weighted by molar-refractivity contribution is 0.0951. The summed E-state index contributed by atoms with van der Waals surface area (Å²) in [6, 6.07) is 7.44. The molecule has 1 aromatic carbocycles. The van der Waals surface area contributed by atoms with Gasteiger partial charge in [0.25, 0.3) is 5.91 Å². The Morgan fingerprint density at radius 1 is 1.33 bits per heavy atom. The third-order valence-electron chi connectivity index (χ3n) is 2.41. The minimum atomic E-state index is -0.0757. The number of thiazole rings is 1. The Balaban J connectivity index is 1.92. The predicted molar refractivity (Wildman–Crippen MR) is 73.9 cm³/mol. The van der Waals surface area contributed by atoms with Crippen LogP contribution in [0.4, 0.5) is 5.69 Å². The fourth-order valence-electron chi connectivity index (χ4n) is 1.54. The highest BCUT2D eigenvalue weighted by Gasteiger charge is 2.05. The molecule has 0 unspecified atom stereocenters. The molecule has 2 aromatic rings. The molecule has 18 heavy (non-hydrogen) atoms. The lowest BCUT2D eigenvalue weighted by Gasteiger charge is -2.05. The van der Waals surface area contributed by atoms with Crippen molar-refractivity contribution in [3.05, 3.63) is 46.4 Å². The molecule has 0 aliphatic carbocycles. The van der Waals surface area contributed by atoms with Gasteiger partial charge in [0.2, 0.25) is 0 Å². The third-order valence-corrected chi connectivity index (χ3v) is 3.19. The van der Waals surface area contributed by atoms with Crippen molar-refractivity contribution < 1.29 is 4.79 Å². The van der Waals surface area contributed by atoms with Crippen LogP contribution in [-0.4, -0.2) is 17.4 Å². The molecule has 1 heterocycles. The zero-order chi connectivity index (χ0) is 12.8. The largest absolute Gasteiger partial charge is 0.385 e. The van der Waals surface area contributed by atoms with Gasteiger partial charge in [-0.2, -0.15) is 0 Å². The van der Waals surface area contributed by atoms with Gasteiger partial charge in [-0.15, -0.1) is 11.3 Å². The molecule has 0 saturated heterocycles. The molecule has 5 heteroatoms. The van der Waals surface area contributed by atoms with Gasteiger partial charge in [0.15, 0.2) is 0 Å². The van der Waals surface area contributed by atoms with Crippen molar-refractivity contribution >= 4 is 22.9 Å². The van der Waals surface area contributed by atoms with E-state index in [9.17, 15) is 4.79 Å². The van der Waals surface area contributed by atoms with Gasteiger partial charge in [-0.1, -0.05) is 0 Å². The Bertz CT molecular complexity index is 493. The van der Waals surface area contributed by atoms with Crippen molar-refractivity contribution in [1.82, 2.24) is 10.3 Å². The van der Waals surface area contributed by atoms with Crippen LogP contribution < -0.4 is 10.6 Å². The van der Waals surface area contributed by atoms with Gasteiger partial charge in [-0.05, 0) is 31.2 Å². The fourth-order valence-corrected chi connectivity index (χ4v) is 2.10. The van der Waals surface area contributed by atoms with E-state index < -0.39 is 0 Å². The molecule has 0 fully saturated rings. The van der Waals surface area contributed by atoms with Crippen molar-refractivity contribution in [3.63, 3.8) is 0 Å². The number of anilines is 1. The number of carbonyl (C=O) groups excluding carboxylic acids is 1. The quantitative estimate of drug-likeness (QED) is 0.869. The van der Waals surface area contributed by atoms with Gasteiger partial charge < -0.3 is 10.6 Å². The highest BCUT2D eigenvalue weighted by atomic mass is 32.1. The number of carbonyl (C=O) groups is 1. The monoisotopic (exact) mass is 261 g/mol. The number of nitrogens with zero attached hydrogens (tertiary/aromatic N) is 1. The first-order valence-corrected chi connectivity index (χ1v) is 6.68. The number of hydrogen-bond acceptors (Lipinski definition) is 4. The molecule has 0 aliphatic rings. The summed E-state index contributed by atoms with van der Waals surface area (Å²) in [6.07, 6.45) is 1.73. The van der Waals surface area contributed by atoms with E-state index in [2.05, 4.69) is 15.6 Å². The Hall–Kier alpha value is -1.88. The van der Waals surface area contributed by atoms with Gasteiger partial charge in [0, 0.05) is 29.4 Å². The molecule has 0 radical (unpaired) electrons. The van der Waals surface area contributed by atoms with Crippen LogP contribution in [0.1, 0.15) is 22.3 Å². The van der Waals surface area contributed by atoms with E-state index in [-0.39, 0.29) is 5.91 Å². The first-order chi connectivity index (χ1) is 8.79. The number of aromatic nitrogens is 1. The molecule has 0 spiro atoms. The highest BCUT2D eigenvalue weighted by Crippen LogP contribution is 2.09. The van der Waals surface area contributed by atoms with Crippen molar-refractivity contribution in [2.75, 3.05) is 11.9 Å². The molecule has 0 bridgehead atoms. The predicted octanol–water partition coefficient (Wildman–Crippen LogP) is 2.50. The average Bonchev–Trinajstić information content (AvgIpc) is 2.90. The van der Waals surface area contributed by atoms with E-state index in [1.807, 2.05) is 36.6 Å². The third kappa shape index (κ3) is 3.30. The van der Waals surface area contributed by atoms with Crippen LogP contribution in [0.25, 0.3) is 0 Å². The first kappa shape index (κ1) is 12.6. The smallest absolute Gasteiger partial charge is 0.251 e. The highest BCUT2D eigenvalue weighted by molar-refractivity contribution is 7.09. The van der Waals surface area contributed by atoms with Gasteiger partial charge in [-0.3, -0.25) is 4.79 Å². The van der Waals surface area contributed by atoms with Crippen LogP contribution in [0.15, 0.2) is 35.8 Å². The first-order valence-electron chi connectivity index (χ1n) is 5.80. The Labute approximate surface area is 110 Å². The van der Waals surface area contributed by atoms with E-state index in [0.717, 1.165) is 17.2 Å². The fraction of sp³-hybridized carbons (Fsp3) is 0.231. The van der Waals surface area contributed by atoms with Crippen molar-refractivity contribution in [1.29, 1.82) is 0 Å². The Morgan fingerprint density at radius 3 is 2.72 bits per heavy atom. The van der Waals surface area contributed by atoms with Crippen LogP contribution >= 0.6 is 11.3 Å². The maximum absolute atomic E-state index is 11.9. The van der Waals surface area contributed by atoms with E-state index in [4.69, 9.17) is 0 Å². The Kier molecular flexibility index (Phi) is 4.30. The summed E-state index contributed by atoms with van der Waals surface area (Å²) < 4.78 is 0. The summed E-state index contributed by atoms with van der Waals surface area (Å²) in [5.41, 5.74) is 1.68. The summed E-state index contributed by atoms with van der Waals surface area (Å²) in [5.74, 6) is -0.0757. The molecule has 0 atom stereocenters. The zero-order valence-electron chi connectivity index (χ0n) is 10.1. The van der Waals surface area contributed by atoms with Crippen LogP contribution in [0.2, 0.25) is 0 Å². The van der Waals surface area contributed by atoms with Crippen LogP contribution in [0.3, 0.4) is 0 Å². The normalized spacial score (nSPS) is 10.1. The minimum Gasteiger partial charge on any atom is -0.385 e. The number of benzene rings is 1. The van der Waals surface area contributed by atoms with Gasteiger partial charge in [0.05, 0.1) is 6.54 Å². The van der Waals surface area contributed by atoms with Crippen LogP contribution in [0.5, 0.6) is 0 Å². The summed E-state index contributed by atoms with van der Waals surface area (Å²) in [5, 5.41) is 8.83. The van der Waals surface area contributed by atoms with E-state index in [0.29, 0.717) is 12.1 Å². The van der Waals surface area contributed by atoms with E-state index >= 15 is 0 Å². The molecular weight excluding hydrogens is 246 g/mol. The second kappa shape index (κ2) is 6.16. The molecular formula is C13H15N3OS. The topological polar surface area (TPSA) is 54.0 Å². The molecule has 0 aliphatic heterocycles. The second-order valence-corrected chi connectivity index (χ2v) is 4.70. The average molecular weight is 261 g/mol. The maximum atomic E-state index is 11.9. The second-order valence-electron chi connectivity index (χ2n) is 3.72. The molecule has 2 rings (SSSR count). The SMILES string of the molecule is CCNc1ccc(C(=O)NCc2nccs2)cc1. The van der Waals surface area contributed by atoms with Crippen molar-refractivity contribution in [2.45, 2.75) is 13.5 Å². The summed E-state index contributed by atoms with van der Waals surface area (Å²) in [7, 11) is 0. The molecule has 94 valence electrons.